The normalized spacial score (nSPS) is 17.5. The molecule has 2 rings (SSSR count). The topological polar surface area (TPSA) is 45.2 Å². The molecule has 0 bridgehead atoms. The SMILES string of the molecule is O=C1CN(Cc2cc(Br)ccn2)CCN1. The molecule has 1 fully saturated rings. The highest BCUT2D eigenvalue weighted by molar-refractivity contribution is 9.10. The number of pyridine rings is 1. The molecule has 1 N–H and O–H groups in total. The summed E-state index contributed by atoms with van der Waals surface area (Å²) < 4.78 is 1.02. The van der Waals surface area contributed by atoms with Gasteiger partial charge in [0.2, 0.25) is 5.91 Å². The largest absolute Gasteiger partial charge is 0.354 e. The van der Waals surface area contributed by atoms with Gasteiger partial charge in [0.25, 0.3) is 0 Å². The van der Waals surface area contributed by atoms with E-state index in [0.29, 0.717) is 6.54 Å². The number of nitrogens with zero attached hydrogens (tertiary/aromatic N) is 2. The predicted octanol–water partition coefficient (Wildman–Crippen LogP) is 0.776. The molecule has 0 saturated carbocycles. The van der Waals surface area contributed by atoms with Crippen LogP contribution in [-0.4, -0.2) is 35.4 Å². The van der Waals surface area contributed by atoms with Crippen molar-refractivity contribution in [1.82, 2.24) is 15.2 Å². The second-order valence-electron chi connectivity index (χ2n) is 3.53. The molecular weight excluding hydrogens is 258 g/mol. The number of piperazine rings is 1. The van der Waals surface area contributed by atoms with E-state index < -0.39 is 0 Å². The van der Waals surface area contributed by atoms with Crippen molar-refractivity contribution in [3.63, 3.8) is 0 Å². The molecule has 4 nitrogen and oxygen atoms in total. The number of amides is 1. The van der Waals surface area contributed by atoms with Gasteiger partial charge in [0, 0.05) is 30.3 Å². The Hall–Kier alpha value is -0.940. The fraction of sp³-hybridized carbons (Fsp3) is 0.400. The molecule has 1 amide bonds. The van der Waals surface area contributed by atoms with Crippen molar-refractivity contribution in [2.45, 2.75) is 6.54 Å². The standard InChI is InChI=1S/C10H12BrN3O/c11-8-1-2-12-9(5-8)6-14-4-3-13-10(15)7-14/h1-2,5H,3-4,6-7H2,(H,13,15). The quantitative estimate of drug-likeness (QED) is 0.863. The Morgan fingerprint density at radius 1 is 1.60 bits per heavy atom. The smallest absolute Gasteiger partial charge is 0.234 e. The third-order valence-corrected chi connectivity index (χ3v) is 2.77. The number of hydrogen-bond donors (Lipinski definition) is 1. The average Bonchev–Trinajstić information content (AvgIpc) is 2.17. The fourth-order valence-corrected chi connectivity index (χ4v) is 1.97. The Morgan fingerprint density at radius 2 is 2.47 bits per heavy atom. The van der Waals surface area contributed by atoms with Crippen LogP contribution in [0.4, 0.5) is 0 Å². The second-order valence-corrected chi connectivity index (χ2v) is 4.44. The molecule has 1 aromatic rings. The summed E-state index contributed by atoms with van der Waals surface area (Å²) in [4.78, 5) is 17.5. The molecule has 0 radical (unpaired) electrons. The summed E-state index contributed by atoms with van der Waals surface area (Å²) >= 11 is 3.40. The van der Waals surface area contributed by atoms with Gasteiger partial charge >= 0.3 is 0 Å². The van der Waals surface area contributed by atoms with Crippen molar-refractivity contribution in [3.05, 3.63) is 28.5 Å². The van der Waals surface area contributed by atoms with Crippen LogP contribution in [0.25, 0.3) is 0 Å². The summed E-state index contributed by atoms with van der Waals surface area (Å²) in [5.41, 5.74) is 0.985. The summed E-state index contributed by atoms with van der Waals surface area (Å²) in [6.07, 6.45) is 1.77. The summed E-state index contributed by atoms with van der Waals surface area (Å²) in [7, 11) is 0. The first kappa shape index (κ1) is 10.6. The Morgan fingerprint density at radius 3 is 3.20 bits per heavy atom. The fourth-order valence-electron chi connectivity index (χ4n) is 1.59. The van der Waals surface area contributed by atoms with Gasteiger partial charge in [0.1, 0.15) is 0 Å². The van der Waals surface area contributed by atoms with Crippen LogP contribution in [0.5, 0.6) is 0 Å². The predicted molar refractivity (Wildman–Crippen MR) is 60.2 cm³/mol. The van der Waals surface area contributed by atoms with Crippen molar-refractivity contribution < 1.29 is 4.79 Å². The van der Waals surface area contributed by atoms with Crippen molar-refractivity contribution in [1.29, 1.82) is 0 Å². The van der Waals surface area contributed by atoms with Crippen molar-refractivity contribution in [3.8, 4) is 0 Å². The van der Waals surface area contributed by atoms with Crippen LogP contribution >= 0.6 is 15.9 Å². The maximum absolute atomic E-state index is 11.1. The van der Waals surface area contributed by atoms with Crippen LogP contribution in [0, 0.1) is 0 Å². The molecule has 0 aromatic carbocycles. The highest BCUT2D eigenvalue weighted by Gasteiger charge is 2.16. The zero-order valence-corrected chi connectivity index (χ0v) is 9.83. The number of aromatic nitrogens is 1. The lowest BCUT2D eigenvalue weighted by atomic mass is 10.3. The minimum atomic E-state index is 0.0937. The molecule has 15 heavy (non-hydrogen) atoms. The molecule has 2 heterocycles. The number of rotatable bonds is 2. The van der Waals surface area contributed by atoms with Crippen LogP contribution in [-0.2, 0) is 11.3 Å². The van der Waals surface area contributed by atoms with E-state index in [2.05, 4.69) is 31.1 Å². The minimum absolute atomic E-state index is 0.0937. The van der Waals surface area contributed by atoms with Crippen LogP contribution in [0.3, 0.4) is 0 Å². The summed E-state index contributed by atoms with van der Waals surface area (Å²) in [6.45, 7) is 2.81. The van der Waals surface area contributed by atoms with E-state index in [1.807, 2.05) is 12.1 Å². The highest BCUT2D eigenvalue weighted by Crippen LogP contribution is 2.11. The summed E-state index contributed by atoms with van der Waals surface area (Å²) in [5.74, 6) is 0.0937. The van der Waals surface area contributed by atoms with E-state index in [4.69, 9.17) is 0 Å². The van der Waals surface area contributed by atoms with Crippen LogP contribution < -0.4 is 5.32 Å². The van der Waals surface area contributed by atoms with Gasteiger partial charge < -0.3 is 5.32 Å². The maximum Gasteiger partial charge on any atom is 0.234 e. The summed E-state index contributed by atoms with van der Waals surface area (Å²) in [6, 6.07) is 3.87. The molecule has 1 aliphatic heterocycles. The van der Waals surface area contributed by atoms with Gasteiger partial charge in [0.05, 0.1) is 12.2 Å². The van der Waals surface area contributed by atoms with E-state index in [1.165, 1.54) is 0 Å². The molecule has 80 valence electrons. The van der Waals surface area contributed by atoms with E-state index in [9.17, 15) is 4.79 Å². The van der Waals surface area contributed by atoms with Gasteiger partial charge in [-0.25, -0.2) is 0 Å². The first-order valence-corrected chi connectivity index (χ1v) is 5.63. The third-order valence-electron chi connectivity index (χ3n) is 2.28. The van der Waals surface area contributed by atoms with Gasteiger partial charge in [-0.05, 0) is 12.1 Å². The summed E-state index contributed by atoms with van der Waals surface area (Å²) in [5, 5.41) is 2.80. The van der Waals surface area contributed by atoms with Gasteiger partial charge in [-0.1, -0.05) is 15.9 Å². The number of carbonyl (C=O) groups is 1. The molecule has 1 aromatic heterocycles. The molecule has 0 aliphatic carbocycles. The number of halogens is 1. The Balaban J connectivity index is 1.99. The first-order valence-electron chi connectivity index (χ1n) is 4.83. The zero-order valence-electron chi connectivity index (χ0n) is 8.24. The number of nitrogens with one attached hydrogen (secondary N) is 1. The monoisotopic (exact) mass is 269 g/mol. The van der Waals surface area contributed by atoms with E-state index >= 15 is 0 Å². The van der Waals surface area contributed by atoms with E-state index in [0.717, 1.165) is 29.8 Å². The lowest BCUT2D eigenvalue weighted by Crippen LogP contribution is -2.47. The zero-order chi connectivity index (χ0) is 10.7. The first-order chi connectivity index (χ1) is 7.24. The molecule has 0 atom stereocenters. The van der Waals surface area contributed by atoms with Gasteiger partial charge in [0.15, 0.2) is 0 Å². The van der Waals surface area contributed by atoms with Crippen LogP contribution in [0.1, 0.15) is 5.69 Å². The number of hydrogen-bond acceptors (Lipinski definition) is 3. The molecule has 0 unspecified atom stereocenters. The molecule has 0 spiro atoms. The lowest BCUT2D eigenvalue weighted by molar-refractivity contribution is -0.124. The van der Waals surface area contributed by atoms with Crippen molar-refractivity contribution in [2.24, 2.45) is 0 Å². The minimum Gasteiger partial charge on any atom is -0.354 e. The molecule has 1 aliphatic rings. The maximum atomic E-state index is 11.1. The second kappa shape index (κ2) is 4.72. The molecule has 5 heteroatoms. The molecular formula is C10H12BrN3O. The average molecular weight is 270 g/mol. The Kier molecular flexibility index (Phi) is 3.33. The number of carbonyl (C=O) groups excluding carboxylic acids is 1. The molecule has 1 saturated heterocycles. The van der Waals surface area contributed by atoms with Crippen LogP contribution in [0.15, 0.2) is 22.8 Å². The van der Waals surface area contributed by atoms with Gasteiger partial charge in [-0.15, -0.1) is 0 Å². The van der Waals surface area contributed by atoms with Crippen LogP contribution in [0.2, 0.25) is 0 Å². The Labute approximate surface area is 96.8 Å². The highest BCUT2D eigenvalue weighted by atomic mass is 79.9. The van der Waals surface area contributed by atoms with Crippen molar-refractivity contribution >= 4 is 21.8 Å². The van der Waals surface area contributed by atoms with Gasteiger partial charge in [-0.3, -0.25) is 14.7 Å². The Bertz CT molecular complexity index is 369. The van der Waals surface area contributed by atoms with Crippen molar-refractivity contribution in [2.75, 3.05) is 19.6 Å². The lowest BCUT2D eigenvalue weighted by Gasteiger charge is -2.25. The third kappa shape index (κ3) is 3.00. The van der Waals surface area contributed by atoms with Gasteiger partial charge in [-0.2, -0.15) is 0 Å². The van der Waals surface area contributed by atoms with E-state index in [1.54, 1.807) is 6.20 Å². The van der Waals surface area contributed by atoms with E-state index in [-0.39, 0.29) is 5.91 Å².